The minimum absolute atomic E-state index is 0.427. The molecule has 2 heterocycles. The molecule has 2 rings (SSSR count). The lowest BCUT2D eigenvalue weighted by Gasteiger charge is -2.08. The molecular weight excluding hydrogens is 240 g/mol. The molecule has 17 heavy (non-hydrogen) atoms. The van der Waals surface area contributed by atoms with E-state index in [4.69, 9.17) is 22.1 Å². The molecule has 0 unspecified atom stereocenters. The Hall–Kier alpha value is -1.75. The number of nitrogens with zero attached hydrogens (tertiary/aromatic N) is 3. The zero-order valence-corrected chi connectivity index (χ0v) is 10.2. The minimum Gasteiger partial charge on any atom is -0.476 e. The van der Waals surface area contributed by atoms with Crippen LogP contribution in [-0.2, 0) is 0 Å². The summed E-state index contributed by atoms with van der Waals surface area (Å²) in [5.74, 6) is 1.05. The van der Waals surface area contributed by atoms with Crippen molar-refractivity contribution in [2.45, 2.75) is 13.3 Å². The molecule has 2 aromatic heterocycles. The summed E-state index contributed by atoms with van der Waals surface area (Å²) in [7, 11) is 0. The van der Waals surface area contributed by atoms with E-state index in [1.165, 1.54) is 0 Å². The molecule has 0 saturated carbocycles. The highest BCUT2D eigenvalue weighted by molar-refractivity contribution is 6.30. The van der Waals surface area contributed by atoms with E-state index in [0.29, 0.717) is 29.0 Å². The standard InChI is InChI=1S/C11H13ClN4O/c1-2-5-17-11-9(13)3-4-10(15-11)16-7-8(12)6-14-16/h3-4,6-7H,2,5,13H2,1H3. The van der Waals surface area contributed by atoms with Crippen molar-refractivity contribution in [3.63, 3.8) is 0 Å². The van der Waals surface area contributed by atoms with Gasteiger partial charge < -0.3 is 10.5 Å². The fraction of sp³-hybridized carbons (Fsp3) is 0.273. The molecule has 2 aromatic rings. The summed E-state index contributed by atoms with van der Waals surface area (Å²) in [6.45, 7) is 2.60. The van der Waals surface area contributed by atoms with Gasteiger partial charge in [0.15, 0.2) is 5.82 Å². The monoisotopic (exact) mass is 252 g/mol. The van der Waals surface area contributed by atoms with E-state index in [2.05, 4.69) is 10.1 Å². The van der Waals surface area contributed by atoms with E-state index in [-0.39, 0.29) is 0 Å². The first kappa shape index (κ1) is 11.7. The molecule has 0 spiro atoms. The first-order valence-corrected chi connectivity index (χ1v) is 5.68. The first-order chi connectivity index (χ1) is 8.20. The zero-order chi connectivity index (χ0) is 12.3. The molecule has 6 heteroatoms. The number of ether oxygens (including phenoxy) is 1. The van der Waals surface area contributed by atoms with Crippen LogP contribution in [0.3, 0.4) is 0 Å². The van der Waals surface area contributed by atoms with Crippen molar-refractivity contribution >= 4 is 17.3 Å². The number of aromatic nitrogens is 3. The van der Waals surface area contributed by atoms with Crippen LogP contribution in [0.1, 0.15) is 13.3 Å². The van der Waals surface area contributed by atoms with Crippen LogP contribution in [0.25, 0.3) is 5.82 Å². The Morgan fingerprint density at radius 3 is 2.94 bits per heavy atom. The van der Waals surface area contributed by atoms with Gasteiger partial charge >= 0.3 is 0 Å². The average molecular weight is 253 g/mol. The first-order valence-electron chi connectivity index (χ1n) is 5.30. The summed E-state index contributed by atoms with van der Waals surface area (Å²) in [5, 5.41) is 4.62. The van der Waals surface area contributed by atoms with Crippen LogP contribution >= 0.6 is 11.6 Å². The lowest BCUT2D eigenvalue weighted by molar-refractivity contribution is 0.307. The van der Waals surface area contributed by atoms with Crippen molar-refractivity contribution in [3.05, 3.63) is 29.5 Å². The molecule has 0 saturated heterocycles. The number of hydrogen-bond donors (Lipinski definition) is 1. The van der Waals surface area contributed by atoms with Gasteiger partial charge in [-0.15, -0.1) is 0 Å². The Morgan fingerprint density at radius 2 is 2.29 bits per heavy atom. The van der Waals surface area contributed by atoms with Gasteiger partial charge in [0.05, 0.1) is 29.7 Å². The molecule has 0 aliphatic carbocycles. The second-order valence-electron chi connectivity index (χ2n) is 3.52. The maximum absolute atomic E-state index is 5.80. The number of rotatable bonds is 4. The van der Waals surface area contributed by atoms with Gasteiger partial charge in [0, 0.05) is 0 Å². The fourth-order valence-corrected chi connectivity index (χ4v) is 1.45. The Morgan fingerprint density at radius 1 is 1.47 bits per heavy atom. The number of pyridine rings is 1. The molecule has 90 valence electrons. The molecule has 0 aromatic carbocycles. The summed E-state index contributed by atoms with van der Waals surface area (Å²) >= 11 is 5.80. The van der Waals surface area contributed by atoms with Crippen LogP contribution in [0.15, 0.2) is 24.5 Å². The van der Waals surface area contributed by atoms with Gasteiger partial charge in [0.2, 0.25) is 5.88 Å². The van der Waals surface area contributed by atoms with Crippen molar-refractivity contribution in [1.82, 2.24) is 14.8 Å². The second kappa shape index (κ2) is 5.05. The smallest absolute Gasteiger partial charge is 0.239 e. The molecule has 0 amide bonds. The Kier molecular flexibility index (Phi) is 3.49. The van der Waals surface area contributed by atoms with E-state index in [9.17, 15) is 0 Å². The Labute approximate surface area is 104 Å². The summed E-state index contributed by atoms with van der Waals surface area (Å²) < 4.78 is 7.01. The van der Waals surface area contributed by atoms with Gasteiger partial charge in [0.25, 0.3) is 0 Å². The van der Waals surface area contributed by atoms with Crippen LogP contribution in [0.4, 0.5) is 5.69 Å². The van der Waals surface area contributed by atoms with Crippen molar-refractivity contribution in [3.8, 4) is 11.7 Å². The molecule has 0 radical (unpaired) electrons. The molecule has 5 nitrogen and oxygen atoms in total. The molecule has 0 bridgehead atoms. The van der Waals surface area contributed by atoms with E-state index >= 15 is 0 Å². The highest BCUT2D eigenvalue weighted by Crippen LogP contribution is 2.20. The van der Waals surface area contributed by atoms with Crippen molar-refractivity contribution in [1.29, 1.82) is 0 Å². The summed E-state index contributed by atoms with van der Waals surface area (Å²) in [6, 6.07) is 3.50. The third kappa shape index (κ3) is 2.68. The van der Waals surface area contributed by atoms with Gasteiger partial charge in [-0.3, -0.25) is 0 Å². The summed E-state index contributed by atoms with van der Waals surface area (Å²) in [6.07, 6.45) is 4.12. The maximum Gasteiger partial charge on any atom is 0.239 e. The van der Waals surface area contributed by atoms with Gasteiger partial charge in [-0.1, -0.05) is 18.5 Å². The predicted molar refractivity (Wildman–Crippen MR) is 66.6 cm³/mol. The van der Waals surface area contributed by atoms with Crippen LogP contribution in [0, 0.1) is 0 Å². The third-order valence-electron chi connectivity index (χ3n) is 2.10. The van der Waals surface area contributed by atoms with Gasteiger partial charge in [-0.25, -0.2) is 4.68 Å². The third-order valence-corrected chi connectivity index (χ3v) is 2.30. The van der Waals surface area contributed by atoms with Crippen molar-refractivity contribution in [2.24, 2.45) is 0 Å². The molecule has 0 atom stereocenters. The van der Waals surface area contributed by atoms with E-state index < -0.39 is 0 Å². The number of hydrogen-bond acceptors (Lipinski definition) is 4. The fourth-order valence-electron chi connectivity index (χ4n) is 1.31. The van der Waals surface area contributed by atoms with Gasteiger partial charge in [-0.05, 0) is 18.6 Å². The van der Waals surface area contributed by atoms with Crippen LogP contribution in [0.2, 0.25) is 5.02 Å². The Balaban J connectivity index is 2.30. The minimum atomic E-state index is 0.427. The average Bonchev–Trinajstić information content (AvgIpc) is 2.75. The van der Waals surface area contributed by atoms with Crippen LogP contribution < -0.4 is 10.5 Å². The highest BCUT2D eigenvalue weighted by Gasteiger charge is 2.06. The van der Waals surface area contributed by atoms with Crippen LogP contribution in [0.5, 0.6) is 5.88 Å². The second-order valence-corrected chi connectivity index (χ2v) is 3.95. The highest BCUT2D eigenvalue weighted by atomic mass is 35.5. The largest absolute Gasteiger partial charge is 0.476 e. The topological polar surface area (TPSA) is 66.0 Å². The normalized spacial score (nSPS) is 10.5. The predicted octanol–water partition coefficient (Wildman–Crippen LogP) is 2.29. The van der Waals surface area contributed by atoms with Gasteiger partial charge in [-0.2, -0.15) is 10.1 Å². The van der Waals surface area contributed by atoms with E-state index in [1.807, 2.05) is 6.92 Å². The molecule has 0 fully saturated rings. The van der Waals surface area contributed by atoms with E-state index in [1.54, 1.807) is 29.2 Å². The van der Waals surface area contributed by atoms with Crippen molar-refractivity contribution in [2.75, 3.05) is 12.3 Å². The maximum atomic E-state index is 5.80. The summed E-state index contributed by atoms with van der Waals surface area (Å²) in [5.41, 5.74) is 6.28. The van der Waals surface area contributed by atoms with E-state index in [0.717, 1.165) is 6.42 Å². The number of anilines is 1. The number of nitrogens with two attached hydrogens (primary N) is 1. The molecule has 2 N–H and O–H groups in total. The summed E-state index contributed by atoms with van der Waals surface area (Å²) in [4.78, 5) is 4.29. The lowest BCUT2D eigenvalue weighted by Crippen LogP contribution is -2.05. The number of halogens is 1. The number of nitrogen functional groups attached to an aromatic ring is 1. The Bertz CT molecular complexity index is 512. The molecule has 0 aliphatic rings. The molecular formula is C11H13ClN4O. The zero-order valence-electron chi connectivity index (χ0n) is 9.43. The van der Waals surface area contributed by atoms with Gasteiger partial charge in [0.1, 0.15) is 0 Å². The molecule has 0 aliphatic heterocycles. The SMILES string of the molecule is CCCOc1nc(-n2cc(Cl)cn2)ccc1N. The quantitative estimate of drug-likeness (QED) is 0.907. The van der Waals surface area contributed by atoms with Crippen molar-refractivity contribution < 1.29 is 4.74 Å². The van der Waals surface area contributed by atoms with Crippen LogP contribution in [-0.4, -0.2) is 21.4 Å². The lowest BCUT2D eigenvalue weighted by atomic mass is 10.4.